The van der Waals surface area contributed by atoms with Crippen molar-refractivity contribution in [2.75, 3.05) is 6.61 Å². The van der Waals surface area contributed by atoms with Gasteiger partial charge in [-0.1, -0.05) is 0 Å². The zero-order valence-electron chi connectivity index (χ0n) is 9.90. The Morgan fingerprint density at radius 2 is 2.33 bits per heavy atom. The minimum atomic E-state index is -1.63. The standard InChI is InChI=1S/C11H17N3O4/c12-11(17)10(16)9(15)7-5-13-14(6-7)8-3-1-2-4-18-8/h5-6,8-10,15-16H,1-4H2,(H2,12,17)/t8-,9?,10?/m0/s1. The summed E-state index contributed by atoms with van der Waals surface area (Å²) >= 11 is 0. The molecule has 7 nitrogen and oxygen atoms in total. The largest absolute Gasteiger partial charge is 0.385 e. The summed E-state index contributed by atoms with van der Waals surface area (Å²) in [6, 6.07) is 0. The van der Waals surface area contributed by atoms with E-state index in [2.05, 4.69) is 5.10 Å². The van der Waals surface area contributed by atoms with Gasteiger partial charge in [0.2, 0.25) is 5.91 Å². The summed E-state index contributed by atoms with van der Waals surface area (Å²) in [6.07, 6.45) is 2.78. The van der Waals surface area contributed by atoms with Gasteiger partial charge in [0.15, 0.2) is 6.10 Å². The molecule has 1 aliphatic rings. The minimum Gasteiger partial charge on any atom is -0.385 e. The Balaban J connectivity index is 2.07. The molecule has 4 N–H and O–H groups in total. The normalized spacial score (nSPS) is 23.6. The van der Waals surface area contributed by atoms with Crippen LogP contribution in [0.1, 0.15) is 37.2 Å². The molecule has 3 atom stereocenters. The van der Waals surface area contributed by atoms with E-state index >= 15 is 0 Å². The third kappa shape index (κ3) is 2.69. The van der Waals surface area contributed by atoms with Gasteiger partial charge >= 0.3 is 0 Å². The Morgan fingerprint density at radius 3 is 2.94 bits per heavy atom. The molecule has 100 valence electrons. The van der Waals surface area contributed by atoms with Crippen molar-refractivity contribution in [3.05, 3.63) is 18.0 Å². The van der Waals surface area contributed by atoms with E-state index < -0.39 is 18.1 Å². The predicted octanol–water partition coefficient (Wildman–Crippen LogP) is -0.538. The lowest BCUT2D eigenvalue weighted by atomic mass is 10.1. The van der Waals surface area contributed by atoms with Crippen LogP contribution in [0.4, 0.5) is 0 Å². The first kappa shape index (κ1) is 13.0. The van der Waals surface area contributed by atoms with E-state index in [-0.39, 0.29) is 6.23 Å². The predicted molar refractivity (Wildman–Crippen MR) is 61.2 cm³/mol. The van der Waals surface area contributed by atoms with Gasteiger partial charge in [0.05, 0.1) is 6.20 Å². The van der Waals surface area contributed by atoms with Crippen LogP contribution in [0.25, 0.3) is 0 Å². The van der Waals surface area contributed by atoms with E-state index in [9.17, 15) is 15.0 Å². The average molecular weight is 255 g/mol. The molecule has 0 aromatic carbocycles. The first-order chi connectivity index (χ1) is 8.59. The molecule has 0 bridgehead atoms. The van der Waals surface area contributed by atoms with Crippen LogP contribution >= 0.6 is 0 Å². The highest BCUT2D eigenvalue weighted by molar-refractivity contribution is 5.79. The number of aliphatic hydroxyl groups is 2. The van der Waals surface area contributed by atoms with E-state index in [0.717, 1.165) is 19.3 Å². The number of nitrogens with two attached hydrogens (primary N) is 1. The summed E-state index contributed by atoms with van der Waals surface area (Å²) in [6.45, 7) is 0.687. The summed E-state index contributed by atoms with van der Waals surface area (Å²) < 4.78 is 7.12. The summed E-state index contributed by atoms with van der Waals surface area (Å²) in [5.74, 6) is -0.968. The van der Waals surface area contributed by atoms with Gasteiger partial charge in [-0.05, 0) is 19.3 Å². The molecule has 1 aromatic heterocycles. The number of aromatic nitrogens is 2. The van der Waals surface area contributed by atoms with Crippen molar-refractivity contribution >= 4 is 5.91 Å². The topological polar surface area (TPSA) is 111 Å². The van der Waals surface area contributed by atoms with Gasteiger partial charge in [-0.15, -0.1) is 0 Å². The fraction of sp³-hybridized carbons (Fsp3) is 0.636. The third-order valence-corrected chi connectivity index (χ3v) is 3.00. The van der Waals surface area contributed by atoms with Crippen LogP contribution in [0.2, 0.25) is 0 Å². The molecule has 0 saturated carbocycles. The first-order valence-corrected chi connectivity index (χ1v) is 5.90. The van der Waals surface area contributed by atoms with E-state index in [1.807, 2.05) is 0 Å². The van der Waals surface area contributed by atoms with Crippen molar-refractivity contribution in [3.8, 4) is 0 Å². The molecule has 1 amide bonds. The van der Waals surface area contributed by atoms with Crippen LogP contribution in [0.3, 0.4) is 0 Å². The molecule has 1 fully saturated rings. The number of primary amides is 1. The Hall–Kier alpha value is -1.44. The van der Waals surface area contributed by atoms with E-state index in [4.69, 9.17) is 10.5 Å². The molecule has 0 radical (unpaired) electrons. The van der Waals surface area contributed by atoms with E-state index in [1.165, 1.54) is 6.20 Å². The highest BCUT2D eigenvalue weighted by atomic mass is 16.5. The number of carbonyl (C=O) groups is 1. The molecule has 1 saturated heterocycles. The highest BCUT2D eigenvalue weighted by Crippen LogP contribution is 2.24. The smallest absolute Gasteiger partial charge is 0.249 e. The van der Waals surface area contributed by atoms with Gasteiger partial charge in [-0.25, -0.2) is 4.68 Å². The van der Waals surface area contributed by atoms with Crippen LogP contribution in [0, 0.1) is 0 Å². The van der Waals surface area contributed by atoms with E-state index in [1.54, 1.807) is 10.9 Å². The third-order valence-electron chi connectivity index (χ3n) is 3.00. The first-order valence-electron chi connectivity index (χ1n) is 5.90. The molecule has 0 aliphatic carbocycles. The quantitative estimate of drug-likeness (QED) is 0.669. The Morgan fingerprint density at radius 1 is 1.56 bits per heavy atom. The summed E-state index contributed by atoms with van der Waals surface area (Å²) in [7, 11) is 0. The number of amides is 1. The molecule has 1 aromatic rings. The number of rotatable bonds is 4. The summed E-state index contributed by atoms with van der Waals surface area (Å²) in [5, 5.41) is 23.2. The summed E-state index contributed by atoms with van der Waals surface area (Å²) in [5.41, 5.74) is 5.27. The molecule has 18 heavy (non-hydrogen) atoms. The second kappa shape index (κ2) is 5.47. The number of hydrogen-bond acceptors (Lipinski definition) is 5. The lowest BCUT2D eigenvalue weighted by Gasteiger charge is -2.22. The van der Waals surface area contributed by atoms with Crippen LogP contribution < -0.4 is 5.73 Å². The van der Waals surface area contributed by atoms with Crippen LogP contribution in [0.5, 0.6) is 0 Å². The molecule has 1 aliphatic heterocycles. The molecule has 0 spiro atoms. The van der Waals surface area contributed by atoms with Gasteiger partial charge in [0.25, 0.3) is 0 Å². The van der Waals surface area contributed by atoms with Gasteiger partial charge in [0, 0.05) is 18.4 Å². The van der Waals surface area contributed by atoms with Crippen molar-refractivity contribution in [3.63, 3.8) is 0 Å². The minimum absolute atomic E-state index is 0.148. The number of aliphatic hydroxyl groups excluding tert-OH is 2. The molecule has 2 heterocycles. The van der Waals surface area contributed by atoms with Crippen molar-refractivity contribution in [2.24, 2.45) is 5.73 Å². The Kier molecular flexibility index (Phi) is 3.95. The number of carbonyl (C=O) groups excluding carboxylic acids is 1. The molecular formula is C11H17N3O4. The number of hydrogen-bond donors (Lipinski definition) is 3. The lowest BCUT2D eigenvalue weighted by Crippen LogP contribution is -2.33. The van der Waals surface area contributed by atoms with Crippen molar-refractivity contribution < 1.29 is 19.7 Å². The molecule has 2 unspecified atom stereocenters. The van der Waals surface area contributed by atoms with Gasteiger partial charge in [0.1, 0.15) is 12.3 Å². The Labute approximate surface area is 104 Å². The second-order valence-electron chi connectivity index (χ2n) is 4.37. The highest BCUT2D eigenvalue weighted by Gasteiger charge is 2.26. The molecule has 7 heteroatoms. The van der Waals surface area contributed by atoms with Gasteiger partial charge < -0.3 is 20.7 Å². The zero-order chi connectivity index (χ0) is 13.1. The van der Waals surface area contributed by atoms with Crippen LogP contribution in [-0.4, -0.2) is 38.6 Å². The SMILES string of the molecule is NC(=O)C(O)C(O)c1cnn([C@@H]2CCCCO2)c1. The maximum atomic E-state index is 10.8. The average Bonchev–Trinajstić information content (AvgIpc) is 2.87. The maximum Gasteiger partial charge on any atom is 0.249 e. The van der Waals surface area contributed by atoms with Gasteiger partial charge in [-0.2, -0.15) is 5.10 Å². The summed E-state index contributed by atoms with van der Waals surface area (Å²) in [4.78, 5) is 10.8. The fourth-order valence-electron chi connectivity index (χ4n) is 1.93. The molecular weight excluding hydrogens is 238 g/mol. The fourth-order valence-corrected chi connectivity index (χ4v) is 1.93. The van der Waals surface area contributed by atoms with E-state index in [0.29, 0.717) is 12.2 Å². The van der Waals surface area contributed by atoms with Crippen molar-refractivity contribution in [1.29, 1.82) is 0 Å². The molecule has 2 rings (SSSR count). The van der Waals surface area contributed by atoms with Crippen LogP contribution in [0.15, 0.2) is 12.4 Å². The van der Waals surface area contributed by atoms with Crippen LogP contribution in [-0.2, 0) is 9.53 Å². The second-order valence-corrected chi connectivity index (χ2v) is 4.37. The number of ether oxygens (including phenoxy) is 1. The van der Waals surface area contributed by atoms with Crippen molar-refractivity contribution in [2.45, 2.75) is 37.7 Å². The Bertz CT molecular complexity index is 414. The number of nitrogens with zero attached hydrogens (tertiary/aromatic N) is 2. The van der Waals surface area contributed by atoms with Gasteiger partial charge in [-0.3, -0.25) is 4.79 Å². The lowest BCUT2D eigenvalue weighted by molar-refractivity contribution is -0.131. The van der Waals surface area contributed by atoms with Crippen molar-refractivity contribution in [1.82, 2.24) is 9.78 Å². The zero-order valence-corrected chi connectivity index (χ0v) is 9.90. The monoisotopic (exact) mass is 255 g/mol. The maximum absolute atomic E-state index is 10.8.